The molecule has 0 aliphatic carbocycles. The van der Waals surface area contributed by atoms with Crippen molar-refractivity contribution >= 4 is 17.4 Å². The Morgan fingerprint density at radius 2 is 1.79 bits per heavy atom. The Labute approximate surface area is 192 Å². The number of ether oxygens (including phenoxy) is 1. The average Bonchev–Trinajstić information content (AvgIpc) is 3.45. The quantitative estimate of drug-likeness (QED) is 0.307. The summed E-state index contributed by atoms with van der Waals surface area (Å²) in [7, 11) is 0. The number of nitrogens with zero attached hydrogens (tertiary/aromatic N) is 4. The number of rotatable bonds is 9. The van der Waals surface area contributed by atoms with E-state index in [2.05, 4.69) is 9.97 Å². The van der Waals surface area contributed by atoms with Crippen LogP contribution in [0.3, 0.4) is 0 Å². The van der Waals surface area contributed by atoms with E-state index in [-0.39, 0.29) is 11.3 Å². The van der Waals surface area contributed by atoms with Gasteiger partial charge in [-0.2, -0.15) is 0 Å². The predicted octanol–water partition coefficient (Wildman–Crippen LogP) is 3.58. The number of aliphatic hydroxyl groups is 1. The fraction of sp³-hybridized carbons (Fsp3) is 0.280. The highest BCUT2D eigenvalue weighted by atomic mass is 16.5. The number of imidazole rings is 1. The fourth-order valence-electron chi connectivity index (χ4n) is 3.93. The molecule has 1 N–H and O–H groups in total. The van der Waals surface area contributed by atoms with E-state index in [0.29, 0.717) is 37.4 Å². The van der Waals surface area contributed by atoms with E-state index >= 15 is 0 Å². The van der Waals surface area contributed by atoms with Crippen molar-refractivity contribution in [3.05, 3.63) is 84.2 Å². The minimum atomic E-state index is -0.691. The van der Waals surface area contributed by atoms with E-state index in [1.807, 2.05) is 17.7 Å². The van der Waals surface area contributed by atoms with E-state index in [9.17, 15) is 14.7 Å². The molecule has 0 bridgehead atoms. The van der Waals surface area contributed by atoms with Gasteiger partial charge in [-0.25, -0.2) is 4.98 Å². The highest BCUT2D eigenvalue weighted by Crippen LogP contribution is 2.39. The molecule has 0 radical (unpaired) electrons. The molecule has 1 atom stereocenters. The first-order valence-corrected chi connectivity index (χ1v) is 11.0. The van der Waals surface area contributed by atoms with Crippen molar-refractivity contribution in [3.63, 3.8) is 0 Å². The predicted molar refractivity (Wildman–Crippen MR) is 122 cm³/mol. The second-order valence-electron chi connectivity index (χ2n) is 7.80. The van der Waals surface area contributed by atoms with Crippen LogP contribution >= 0.6 is 0 Å². The third-order valence-corrected chi connectivity index (χ3v) is 5.54. The van der Waals surface area contributed by atoms with E-state index in [4.69, 9.17) is 4.74 Å². The Hall–Kier alpha value is -3.94. The van der Waals surface area contributed by atoms with Crippen LogP contribution in [0.1, 0.15) is 36.9 Å². The van der Waals surface area contributed by atoms with Crippen molar-refractivity contribution in [2.24, 2.45) is 0 Å². The highest BCUT2D eigenvalue weighted by Gasteiger charge is 2.45. The van der Waals surface area contributed by atoms with Gasteiger partial charge in [0, 0.05) is 43.4 Å². The maximum atomic E-state index is 13.0. The lowest BCUT2D eigenvalue weighted by molar-refractivity contribution is -0.139. The van der Waals surface area contributed by atoms with Gasteiger partial charge in [0.1, 0.15) is 11.5 Å². The average molecular weight is 447 g/mol. The van der Waals surface area contributed by atoms with Gasteiger partial charge in [-0.1, -0.05) is 6.92 Å². The molecule has 3 aromatic rings. The van der Waals surface area contributed by atoms with Crippen molar-refractivity contribution in [2.45, 2.75) is 32.4 Å². The number of aryl methyl sites for hydroxylation is 1. The monoisotopic (exact) mass is 446 g/mol. The number of benzene rings is 1. The SMILES string of the molecule is CCCOc1ccc(/C(O)=C2\C(=O)C(=O)N(CCCn3ccnc3)[C@@H]2c2ccncc2)cc1. The number of aliphatic hydroxyl groups excluding tert-OH is 1. The summed E-state index contributed by atoms with van der Waals surface area (Å²) >= 11 is 0. The van der Waals surface area contributed by atoms with Crippen LogP contribution in [0.5, 0.6) is 5.75 Å². The summed E-state index contributed by atoms with van der Waals surface area (Å²) < 4.78 is 7.51. The number of hydrogen-bond donors (Lipinski definition) is 1. The van der Waals surface area contributed by atoms with Crippen LogP contribution in [-0.4, -0.2) is 49.4 Å². The Kier molecular flexibility index (Phi) is 6.83. The summed E-state index contributed by atoms with van der Waals surface area (Å²) in [6.07, 6.45) is 10.0. The van der Waals surface area contributed by atoms with E-state index < -0.39 is 17.7 Å². The molecule has 0 saturated carbocycles. The zero-order valence-corrected chi connectivity index (χ0v) is 18.4. The topological polar surface area (TPSA) is 97.6 Å². The molecule has 0 spiro atoms. The highest BCUT2D eigenvalue weighted by molar-refractivity contribution is 6.46. The summed E-state index contributed by atoms with van der Waals surface area (Å²) in [5, 5.41) is 11.1. The molecule has 1 aromatic carbocycles. The Bertz CT molecular complexity index is 1120. The molecule has 0 unspecified atom stereocenters. The van der Waals surface area contributed by atoms with Crippen LogP contribution in [0, 0.1) is 0 Å². The smallest absolute Gasteiger partial charge is 0.295 e. The molecular weight excluding hydrogens is 420 g/mol. The maximum absolute atomic E-state index is 13.0. The van der Waals surface area contributed by atoms with Gasteiger partial charge >= 0.3 is 0 Å². The van der Waals surface area contributed by atoms with Gasteiger partial charge in [0.15, 0.2) is 0 Å². The summed E-state index contributed by atoms with van der Waals surface area (Å²) in [5.74, 6) is -0.830. The number of pyridine rings is 1. The van der Waals surface area contributed by atoms with Crippen molar-refractivity contribution in [3.8, 4) is 5.75 Å². The summed E-state index contributed by atoms with van der Waals surface area (Å²) in [4.78, 5) is 35.6. The van der Waals surface area contributed by atoms with Crippen molar-refractivity contribution in [1.82, 2.24) is 19.4 Å². The molecule has 1 fully saturated rings. The van der Waals surface area contributed by atoms with Gasteiger partial charge in [0.25, 0.3) is 11.7 Å². The van der Waals surface area contributed by atoms with Crippen molar-refractivity contribution in [1.29, 1.82) is 0 Å². The third kappa shape index (κ3) is 4.79. The first-order valence-electron chi connectivity index (χ1n) is 11.0. The van der Waals surface area contributed by atoms with Crippen LogP contribution in [0.15, 0.2) is 73.1 Å². The number of aromatic nitrogens is 3. The van der Waals surface area contributed by atoms with E-state index in [0.717, 1.165) is 12.0 Å². The number of ketones is 1. The van der Waals surface area contributed by atoms with Gasteiger partial charge in [-0.3, -0.25) is 14.6 Å². The van der Waals surface area contributed by atoms with Crippen LogP contribution in [0.25, 0.3) is 5.76 Å². The normalized spacial score (nSPS) is 17.5. The van der Waals surface area contributed by atoms with E-state index in [1.54, 1.807) is 61.3 Å². The van der Waals surface area contributed by atoms with E-state index in [1.165, 1.54) is 4.90 Å². The maximum Gasteiger partial charge on any atom is 0.295 e. The first kappa shape index (κ1) is 22.3. The molecule has 3 heterocycles. The molecule has 170 valence electrons. The van der Waals surface area contributed by atoms with Crippen molar-refractivity contribution in [2.75, 3.05) is 13.2 Å². The molecule has 1 aliphatic rings. The molecule has 2 aromatic heterocycles. The van der Waals surface area contributed by atoms with Gasteiger partial charge in [-0.05, 0) is 54.8 Å². The lowest BCUT2D eigenvalue weighted by Crippen LogP contribution is -2.31. The minimum absolute atomic E-state index is 0.0797. The van der Waals surface area contributed by atoms with Crippen LogP contribution < -0.4 is 4.74 Å². The molecule has 4 rings (SSSR count). The van der Waals surface area contributed by atoms with Crippen LogP contribution in [0.2, 0.25) is 0 Å². The molecule has 8 heteroatoms. The van der Waals surface area contributed by atoms with Crippen LogP contribution in [-0.2, 0) is 16.1 Å². The zero-order chi connectivity index (χ0) is 23.2. The molecule has 8 nitrogen and oxygen atoms in total. The number of amides is 1. The van der Waals surface area contributed by atoms with Gasteiger partial charge < -0.3 is 19.3 Å². The Balaban J connectivity index is 1.66. The Morgan fingerprint density at radius 3 is 2.45 bits per heavy atom. The number of Topliss-reactive ketones (excluding diaryl/α,β-unsaturated/α-hetero) is 1. The Morgan fingerprint density at radius 1 is 1.03 bits per heavy atom. The zero-order valence-electron chi connectivity index (χ0n) is 18.4. The van der Waals surface area contributed by atoms with Crippen LogP contribution in [0.4, 0.5) is 0 Å². The molecule has 1 aliphatic heterocycles. The minimum Gasteiger partial charge on any atom is -0.507 e. The van der Waals surface area contributed by atoms with Gasteiger partial charge in [0.05, 0.1) is 24.5 Å². The number of likely N-dealkylation sites (tertiary alicyclic amines) is 1. The lowest BCUT2D eigenvalue weighted by atomic mass is 9.96. The first-order chi connectivity index (χ1) is 16.1. The molecular formula is C25H26N4O4. The lowest BCUT2D eigenvalue weighted by Gasteiger charge is -2.25. The molecule has 1 amide bonds. The second kappa shape index (κ2) is 10.1. The van der Waals surface area contributed by atoms with Crippen molar-refractivity contribution < 1.29 is 19.4 Å². The van der Waals surface area contributed by atoms with Gasteiger partial charge in [-0.15, -0.1) is 0 Å². The van der Waals surface area contributed by atoms with Gasteiger partial charge in [0.2, 0.25) is 0 Å². The second-order valence-corrected chi connectivity index (χ2v) is 7.80. The summed E-state index contributed by atoms with van der Waals surface area (Å²) in [6.45, 7) is 3.63. The molecule has 1 saturated heterocycles. The number of carbonyl (C=O) groups excluding carboxylic acids is 2. The largest absolute Gasteiger partial charge is 0.507 e. The fourth-order valence-corrected chi connectivity index (χ4v) is 3.93. The number of hydrogen-bond acceptors (Lipinski definition) is 6. The molecule has 33 heavy (non-hydrogen) atoms. The summed E-state index contributed by atoms with van der Waals surface area (Å²) in [6, 6.07) is 9.70. The summed E-state index contributed by atoms with van der Waals surface area (Å²) in [5.41, 5.74) is 1.25. The number of carbonyl (C=O) groups is 2. The standard InChI is InChI=1S/C25H26N4O4/c1-2-16-33-20-6-4-19(5-7-20)23(30)21-22(18-8-10-26-11-9-18)29(25(32)24(21)31)14-3-13-28-15-12-27-17-28/h4-12,15,17,22,30H,2-3,13-14,16H2,1H3/b23-21+/t22-/m1/s1. The third-order valence-electron chi connectivity index (χ3n) is 5.54.